The summed E-state index contributed by atoms with van der Waals surface area (Å²) in [5.41, 5.74) is 5.23. The van der Waals surface area contributed by atoms with E-state index in [0.29, 0.717) is 10.6 Å². The normalized spacial score (nSPS) is 10.5. The number of aryl methyl sites for hydroxylation is 2. The van der Waals surface area contributed by atoms with E-state index >= 15 is 0 Å². The molecule has 0 unspecified atom stereocenters. The van der Waals surface area contributed by atoms with Crippen molar-refractivity contribution >= 4 is 33.9 Å². The van der Waals surface area contributed by atoms with E-state index in [0.717, 1.165) is 34.3 Å². The van der Waals surface area contributed by atoms with E-state index in [-0.39, 0.29) is 0 Å². The number of nitrogens with one attached hydrogen (secondary N) is 1. The van der Waals surface area contributed by atoms with Crippen molar-refractivity contribution < 1.29 is 0 Å². The smallest absolute Gasteiger partial charge is 0.103 e. The molecule has 4 heteroatoms. The quantitative estimate of drug-likeness (QED) is 0.705. The minimum absolute atomic E-state index is 0.516. The zero-order valence-electron chi connectivity index (χ0n) is 13.0. The van der Waals surface area contributed by atoms with Crippen molar-refractivity contribution in [1.29, 1.82) is 5.26 Å². The molecule has 0 amide bonds. The number of fused-ring (bicyclic) bond motifs is 1. The molecule has 114 valence electrons. The zero-order chi connectivity index (χ0) is 16.4. The zero-order valence-corrected chi connectivity index (χ0v) is 13.8. The van der Waals surface area contributed by atoms with Crippen molar-refractivity contribution in [3.63, 3.8) is 0 Å². The van der Waals surface area contributed by atoms with Crippen LogP contribution in [0.5, 0.6) is 0 Å². The summed E-state index contributed by atoms with van der Waals surface area (Å²) in [6.07, 6.45) is 2.54. The van der Waals surface area contributed by atoms with E-state index in [1.165, 1.54) is 5.56 Å². The van der Waals surface area contributed by atoms with Crippen LogP contribution >= 0.6 is 11.6 Å². The molecule has 0 aliphatic heterocycles. The van der Waals surface area contributed by atoms with Gasteiger partial charge in [-0.3, -0.25) is 4.98 Å². The van der Waals surface area contributed by atoms with Gasteiger partial charge in [0.25, 0.3) is 0 Å². The van der Waals surface area contributed by atoms with Gasteiger partial charge >= 0.3 is 0 Å². The van der Waals surface area contributed by atoms with Crippen LogP contribution in [0.1, 0.15) is 23.6 Å². The molecule has 1 aromatic heterocycles. The highest BCUT2D eigenvalue weighted by atomic mass is 35.5. The molecule has 23 heavy (non-hydrogen) atoms. The molecule has 2 aromatic carbocycles. The molecule has 0 saturated carbocycles. The number of pyridine rings is 1. The third kappa shape index (κ3) is 2.99. The summed E-state index contributed by atoms with van der Waals surface area (Å²) < 4.78 is 0. The van der Waals surface area contributed by atoms with Gasteiger partial charge in [0.2, 0.25) is 0 Å². The van der Waals surface area contributed by atoms with Gasteiger partial charge in [-0.1, -0.05) is 30.7 Å². The number of aromatic nitrogens is 1. The first kappa shape index (κ1) is 15.3. The number of hydrogen-bond donors (Lipinski definition) is 1. The van der Waals surface area contributed by atoms with Gasteiger partial charge in [-0.15, -0.1) is 0 Å². The van der Waals surface area contributed by atoms with Crippen molar-refractivity contribution in [2.24, 2.45) is 0 Å². The Morgan fingerprint density at radius 2 is 2.04 bits per heavy atom. The lowest BCUT2D eigenvalue weighted by Gasteiger charge is -2.13. The Kier molecular flexibility index (Phi) is 4.18. The fraction of sp³-hybridized carbons (Fsp3) is 0.158. The predicted molar refractivity (Wildman–Crippen MR) is 95.3 cm³/mol. The van der Waals surface area contributed by atoms with Gasteiger partial charge in [0.1, 0.15) is 6.07 Å². The molecule has 0 saturated heterocycles. The molecule has 0 aliphatic rings. The maximum absolute atomic E-state index is 9.43. The Morgan fingerprint density at radius 1 is 1.22 bits per heavy atom. The molecule has 3 rings (SSSR count). The molecule has 0 fully saturated rings. The first-order chi connectivity index (χ1) is 11.1. The van der Waals surface area contributed by atoms with E-state index < -0.39 is 0 Å². The fourth-order valence-corrected chi connectivity index (χ4v) is 2.67. The third-order valence-electron chi connectivity index (χ3n) is 3.90. The minimum Gasteiger partial charge on any atom is -0.354 e. The molecule has 1 N–H and O–H groups in total. The van der Waals surface area contributed by atoms with Crippen molar-refractivity contribution in [1.82, 2.24) is 4.98 Å². The molecule has 0 radical (unpaired) electrons. The minimum atomic E-state index is 0.516. The fourth-order valence-electron chi connectivity index (χ4n) is 2.49. The molecule has 0 atom stereocenters. The Hall–Kier alpha value is -2.57. The van der Waals surface area contributed by atoms with Crippen LogP contribution in [0, 0.1) is 18.3 Å². The van der Waals surface area contributed by atoms with Crippen LogP contribution in [-0.4, -0.2) is 4.98 Å². The van der Waals surface area contributed by atoms with Gasteiger partial charge < -0.3 is 5.32 Å². The van der Waals surface area contributed by atoms with Gasteiger partial charge in [0.05, 0.1) is 16.8 Å². The van der Waals surface area contributed by atoms with E-state index in [9.17, 15) is 5.26 Å². The Balaban J connectivity index is 2.17. The summed E-state index contributed by atoms with van der Waals surface area (Å²) in [6, 6.07) is 14.1. The summed E-state index contributed by atoms with van der Waals surface area (Å²) in [5, 5.41) is 14.4. The average Bonchev–Trinajstić information content (AvgIpc) is 2.58. The van der Waals surface area contributed by atoms with Crippen LogP contribution in [0.15, 0.2) is 42.6 Å². The highest BCUT2D eigenvalue weighted by molar-refractivity contribution is 6.31. The van der Waals surface area contributed by atoms with Crippen LogP contribution in [-0.2, 0) is 6.42 Å². The predicted octanol–water partition coefficient (Wildman–Crippen LogP) is 5.37. The van der Waals surface area contributed by atoms with Gasteiger partial charge in [-0.2, -0.15) is 5.26 Å². The number of halogens is 1. The van der Waals surface area contributed by atoms with Crippen LogP contribution in [0.2, 0.25) is 5.02 Å². The molecular weight excluding hydrogens is 306 g/mol. The Labute approximate surface area is 140 Å². The van der Waals surface area contributed by atoms with Crippen LogP contribution in [0.4, 0.5) is 11.4 Å². The Bertz CT molecular complexity index is 926. The first-order valence-electron chi connectivity index (χ1n) is 7.47. The molecule has 0 spiro atoms. The maximum Gasteiger partial charge on any atom is 0.103 e. The molecule has 1 heterocycles. The second-order valence-corrected chi connectivity index (χ2v) is 5.86. The summed E-state index contributed by atoms with van der Waals surface area (Å²) in [6.45, 7) is 4.07. The second kappa shape index (κ2) is 6.28. The summed E-state index contributed by atoms with van der Waals surface area (Å²) >= 11 is 6.20. The number of benzene rings is 2. The number of nitrogens with zero attached hydrogens (tertiary/aromatic N) is 2. The van der Waals surface area contributed by atoms with Crippen molar-refractivity contribution in [2.45, 2.75) is 20.3 Å². The number of anilines is 2. The lowest BCUT2D eigenvalue weighted by atomic mass is 10.0. The number of nitriles is 1. The standard InChI is InChI=1S/C19H16ClN3/c1-3-13-5-7-18-16(8-13)19(14(10-21)11-22-18)23-15-6-4-12(2)17(20)9-15/h4-9,11H,3H2,1-2H3,(H,22,23). The summed E-state index contributed by atoms with van der Waals surface area (Å²) in [5.74, 6) is 0. The van der Waals surface area contributed by atoms with Gasteiger partial charge in [-0.05, 0) is 48.7 Å². The monoisotopic (exact) mass is 321 g/mol. The molecule has 3 nitrogen and oxygen atoms in total. The van der Waals surface area contributed by atoms with Crippen LogP contribution < -0.4 is 5.32 Å². The molecular formula is C19H16ClN3. The van der Waals surface area contributed by atoms with Crippen molar-refractivity contribution in [3.8, 4) is 6.07 Å². The average molecular weight is 322 g/mol. The number of rotatable bonds is 3. The summed E-state index contributed by atoms with van der Waals surface area (Å²) in [4.78, 5) is 4.37. The van der Waals surface area contributed by atoms with E-state index in [1.54, 1.807) is 6.20 Å². The number of hydrogen-bond acceptors (Lipinski definition) is 3. The maximum atomic E-state index is 9.43. The lowest BCUT2D eigenvalue weighted by Crippen LogP contribution is -1.97. The van der Waals surface area contributed by atoms with Gasteiger partial charge in [0, 0.05) is 22.3 Å². The molecule has 0 bridgehead atoms. The van der Waals surface area contributed by atoms with Gasteiger partial charge in [0.15, 0.2) is 0 Å². The Morgan fingerprint density at radius 3 is 2.74 bits per heavy atom. The van der Waals surface area contributed by atoms with E-state index in [4.69, 9.17) is 11.6 Å². The highest BCUT2D eigenvalue weighted by Gasteiger charge is 2.10. The highest BCUT2D eigenvalue weighted by Crippen LogP contribution is 2.31. The topological polar surface area (TPSA) is 48.7 Å². The van der Waals surface area contributed by atoms with Crippen molar-refractivity contribution in [3.05, 3.63) is 64.3 Å². The van der Waals surface area contributed by atoms with Gasteiger partial charge in [-0.25, -0.2) is 0 Å². The van der Waals surface area contributed by atoms with Crippen LogP contribution in [0.3, 0.4) is 0 Å². The van der Waals surface area contributed by atoms with Crippen LogP contribution in [0.25, 0.3) is 10.9 Å². The lowest BCUT2D eigenvalue weighted by molar-refractivity contribution is 1.14. The SMILES string of the molecule is CCc1ccc2ncc(C#N)c(Nc3ccc(C)c(Cl)c3)c2c1. The largest absolute Gasteiger partial charge is 0.354 e. The first-order valence-corrected chi connectivity index (χ1v) is 7.85. The van der Waals surface area contributed by atoms with Crippen molar-refractivity contribution in [2.75, 3.05) is 5.32 Å². The third-order valence-corrected chi connectivity index (χ3v) is 4.31. The molecule has 0 aliphatic carbocycles. The second-order valence-electron chi connectivity index (χ2n) is 5.45. The van der Waals surface area contributed by atoms with E-state index in [2.05, 4.69) is 35.4 Å². The van der Waals surface area contributed by atoms with E-state index in [1.807, 2.05) is 31.2 Å². The summed E-state index contributed by atoms with van der Waals surface area (Å²) in [7, 11) is 0. The molecule has 3 aromatic rings.